The van der Waals surface area contributed by atoms with Crippen molar-refractivity contribution in [3.63, 3.8) is 0 Å². The van der Waals surface area contributed by atoms with Gasteiger partial charge in [0, 0.05) is 18.2 Å². The number of carbonyl (C=O) groups excluding carboxylic acids is 1. The molecule has 0 spiro atoms. The molecule has 0 radical (unpaired) electrons. The Morgan fingerprint density at radius 1 is 1.17 bits per heavy atom. The van der Waals surface area contributed by atoms with Gasteiger partial charge in [-0.3, -0.25) is 4.79 Å². The van der Waals surface area contributed by atoms with E-state index < -0.39 is 0 Å². The average Bonchev–Trinajstić information content (AvgIpc) is 3.44. The molecule has 1 unspecified atom stereocenters. The number of hydrogen-bond acceptors (Lipinski definition) is 2. The Hall–Kier alpha value is -2.29. The predicted molar refractivity (Wildman–Crippen MR) is 91.5 cm³/mol. The zero-order valence-corrected chi connectivity index (χ0v) is 13.7. The maximum Gasteiger partial charge on any atom is 0.254 e. The average molecular weight is 309 g/mol. The number of benzene rings is 2. The van der Waals surface area contributed by atoms with E-state index in [2.05, 4.69) is 19.1 Å². The Kier molecular flexibility index (Phi) is 4.65. The maximum atomic E-state index is 13.1. The molecule has 1 aliphatic carbocycles. The van der Waals surface area contributed by atoms with Crippen molar-refractivity contribution in [2.45, 2.75) is 32.4 Å². The molecule has 0 aromatic heterocycles. The number of hydrogen-bond donors (Lipinski definition) is 0. The summed E-state index contributed by atoms with van der Waals surface area (Å²) < 4.78 is 5.25. The van der Waals surface area contributed by atoms with E-state index in [4.69, 9.17) is 4.74 Å². The van der Waals surface area contributed by atoms with Gasteiger partial charge in [-0.25, -0.2) is 0 Å². The van der Waals surface area contributed by atoms with Gasteiger partial charge in [0.25, 0.3) is 5.91 Å². The molecule has 23 heavy (non-hydrogen) atoms. The van der Waals surface area contributed by atoms with E-state index in [9.17, 15) is 4.79 Å². The van der Waals surface area contributed by atoms with Crippen molar-refractivity contribution >= 4 is 5.91 Å². The summed E-state index contributed by atoms with van der Waals surface area (Å²) >= 11 is 0. The standard InChI is InChI=1S/C20H23NO2/c1-15(17-11-12-17)21(14-16-7-4-3-5-8-16)20(22)18-9-6-10-19(13-18)23-2/h3-10,13,15,17H,11-12,14H2,1-2H3. The van der Waals surface area contributed by atoms with E-state index in [1.54, 1.807) is 7.11 Å². The lowest BCUT2D eigenvalue weighted by atomic mass is 10.1. The lowest BCUT2D eigenvalue weighted by molar-refractivity contribution is 0.0654. The molecule has 0 N–H and O–H groups in total. The summed E-state index contributed by atoms with van der Waals surface area (Å²) in [6, 6.07) is 17.9. The van der Waals surface area contributed by atoms with Gasteiger partial charge in [-0.1, -0.05) is 36.4 Å². The Balaban J connectivity index is 1.85. The molecule has 3 nitrogen and oxygen atoms in total. The van der Waals surface area contributed by atoms with E-state index in [0.717, 1.165) is 11.3 Å². The van der Waals surface area contributed by atoms with Gasteiger partial charge >= 0.3 is 0 Å². The van der Waals surface area contributed by atoms with Crippen LogP contribution >= 0.6 is 0 Å². The summed E-state index contributed by atoms with van der Waals surface area (Å²) in [5.74, 6) is 1.43. The number of nitrogens with zero attached hydrogens (tertiary/aromatic N) is 1. The van der Waals surface area contributed by atoms with E-state index in [1.165, 1.54) is 12.8 Å². The van der Waals surface area contributed by atoms with Crippen LogP contribution < -0.4 is 4.74 Å². The van der Waals surface area contributed by atoms with Crippen LogP contribution in [0.15, 0.2) is 54.6 Å². The van der Waals surface area contributed by atoms with Crippen molar-refractivity contribution in [2.24, 2.45) is 5.92 Å². The minimum atomic E-state index is 0.0761. The smallest absolute Gasteiger partial charge is 0.254 e. The predicted octanol–water partition coefficient (Wildman–Crippen LogP) is 4.14. The van der Waals surface area contributed by atoms with Gasteiger partial charge in [0.05, 0.1) is 7.11 Å². The minimum Gasteiger partial charge on any atom is -0.497 e. The van der Waals surface area contributed by atoms with Crippen molar-refractivity contribution in [1.29, 1.82) is 0 Å². The molecule has 1 fully saturated rings. The maximum absolute atomic E-state index is 13.1. The fraction of sp³-hybridized carbons (Fsp3) is 0.350. The Bertz CT molecular complexity index is 664. The lowest BCUT2D eigenvalue weighted by Crippen LogP contribution is -2.39. The second-order valence-electron chi connectivity index (χ2n) is 6.23. The second-order valence-corrected chi connectivity index (χ2v) is 6.23. The van der Waals surface area contributed by atoms with E-state index >= 15 is 0 Å². The molecular weight excluding hydrogens is 286 g/mol. The van der Waals surface area contributed by atoms with E-state index in [0.29, 0.717) is 18.0 Å². The van der Waals surface area contributed by atoms with Crippen LogP contribution in [0.5, 0.6) is 5.75 Å². The highest BCUT2D eigenvalue weighted by Crippen LogP contribution is 2.36. The minimum absolute atomic E-state index is 0.0761. The highest BCUT2D eigenvalue weighted by atomic mass is 16.5. The Labute approximate surface area is 137 Å². The Morgan fingerprint density at radius 3 is 2.57 bits per heavy atom. The molecule has 1 atom stereocenters. The quantitative estimate of drug-likeness (QED) is 0.802. The molecule has 0 aliphatic heterocycles. The largest absolute Gasteiger partial charge is 0.497 e. The van der Waals surface area contributed by atoms with E-state index in [-0.39, 0.29) is 11.9 Å². The van der Waals surface area contributed by atoms with Crippen LogP contribution in [0.4, 0.5) is 0 Å². The summed E-state index contributed by atoms with van der Waals surface area (Å²) in [6.45, 7) is 2.81. The number of methoxy groups -OCH3 is 1. The molecule has 1 saturated carbocycles. The summed E-state index contributed by atoms with van der Waals surface area (Å²) in [7, 11) is 1.62. The van der Waals surface area contributed by atoms with Gasteiger partial charge in [0.15, 0.2) is 0 Å². The van der Waals surface area contributed by atoms with Crippen molar-refractivity contribution in [3.05, 3.63) is 65.7 Å². The third-order valence-electron chi connectivity index (χ3n) is 4.57. The number of amides is 1. The van der Waals surface area contributed by atoms with Crippen LogP contribution in [-0.4, -0.2) is 24.0 Å². The van der Waals surface area contributed by atoms with Crippen molar-refractivity contribution < 1.29 is 9.53 Å². The monoisotopic (exact) mass is 309 g/mol. The highest BCUT2D eigenvalue weighted by molar-refractivity contribution is 5.94. The fourth-order valence-corrected chi connectivity index (χ4v) is 2.94. The van der Waals surface area contributed by atoms with Gasteiger partial charge in [-0.2, -0.15) is 0 Å². The molecule has 120 valence electrons. The zero-order chi connectivity index (χ0) is 16.2. The van der Waals surface area contributed by atoms with Crippen LogP contribution in [0.25, 0.3) is 0 Å². The zero-order valence-electron chi connectivity index (χ0n) is 13.7. The van der Waals surface area contributed by atoms with Crippen LogP contribution in [0, 0.1) is 5.92 Å². The molecule has 2 aromatic carbocycles. The first-order valence-corrected chi connectivity index (χ1v) is 8.18. The van der Waals surface area contributed by atoms with Crippen LogP contribution in [0.3, 0.4) is 0 Å². The first kappa shape index (κ1) is 15.6. The summed E-state index contributed by atoms with van der Waals surface area (Å²) in [4.78, 5) is 15.1. The van der Waals surface area contributed by atoms with Gasteiger partial charge in [0.2, 0.25) is 0 Å². The molecule has 1 amide bonds. The van der Waals surface area contributed by atoms with Crippen molar-refractivity contribution in [1.82, 2.24) is 4.90 Å². The summed E-state index contributed by atoms with van der Waals surface area (Å²) in [5, 5.41) is 0. The molecule has 2 aromatic rings. The molecule has 0 saturated heterocycles. The topological polar surface area (TPSA) is 29.5 Å². The first-order valence-electron chi connectivity index (χ1n) is 8.18. The van der Waals surface area contributed by atoms with Gasteiger partial charge in [-0.15, -0.1) is 0 Å². The molecule has 3 rings (SSSR count). The number of ether oxygens (including phenoxy) is 1. The first-order chi connectivity index (χ1) is 11.2. The molecule has 1 aliphatic rings. The van der Waals surface area contributed by atoms with Crippen molar-refractivity contribution in [3.8, 4) is 5.75 Å². The number of carbonyl (C=O) groups is 1. The number of rotatable bonds is 6. The highest BCUT2D eigenvalue weighted by Gasteiger charge is 2.34. The normalized spacial score (nSPS) is 15.0. The third kappa shape index (κ3) is 3.73. The third-order valence-corrected chi connectivity index (χ3v) is 4.57. The van der Waals surface area contributed by atoms with Gasteiger partial charge < -0.3 is 9.64 Å². The molecule has 0 bridgehead atoms. The van der Waals surface area contributed by atoms with Crippen LogP contribution in [-0.2, 0) is 6.54 Å². The van der Waals surface area contributed by atoms with Crippen molar-refractivity contribution in [2.75, 3.05) is 7.11 Å². The van der Waals surface area contributed by atoms with E-state index in [1.807, 2.05) is 47.4 Å². The van der Waals surface area contributed by atoms with Crippen LogP contribution in [0.1, 0.15) is 35.7 Å². The van der Waals surface area contributed by atoms with Crippen LogP contribution in [0.2, 0.25) is 0 Å². The molecule has 0 heterocycles. The fourth-order valence-electron chi connectivity index (χ4n) is 2.94. The summed E-state index contributed by atoms with van der Waals surface area (Å²) in [5.41, 5.74) is 1.85. The molecule has 3 heteroatoms. The lowest BCUT2D eigenvalue weighted by Gasteiger charge is -2.30. The molecular formula is C20H23NO2. The van der Waals surface area contributed by atoms with Gasteiger partial charge in [0.1, 0.15) is 5.75 Å². The van der Waals surface area contributed by atoms with Gasteiger partial charge in [-0.05, 0) is 49.4 Å². The Morgan fingerprint density at radius 2 is 1.91 bits per heavy atom. The second kappa shape index (κ2) is 6.86. The SMILES string of the molecule is COc1cccc(C(=O)N(Cc2ccccc2)C(C)C2CC2)c1. The summed E-state index contributed by atoms with van der Waals surface area (Å²) in [6.07, 6.45) is 2.44.